The first-order chi connectivity index (χ1) is 7.99. The summed E-state index contributed by atoms with van der Waals surface area (Å²) >= 11 is 0. The van der Waals surface area contributed by atoms with Gasteiger partial charge in [-0.15, -0.1) is 0 Å². The lowest BCUT2D eigenvalue weighted by Gasteiger charge is -2.15. The Morgan fingerprint density at radius 2 is 2.06 bits per heavy atom. The number of carbonyl (C=O) groups is 1. The maximum atomic E-state index is 11.7. The number of hydrogen-bond donors (Lipinski definition) is 1. The molecular formula is C14H21NO2. The largest absolute Gasteiger partial charge is 0.481 e. The first-order valence-corrected chi connectivity index (χ1v) is 6.00. The van der Waals surface area contributed by atoms with E-state index < -0.39 is 6.10 Å². The third-order valence-electron chi connectivity index (χ3n) is 2.36. The molecule has 1 N–H and O–H groups in total. The van der Waals surface area contributed by atoms with Crippen molar-refractivity contribution in [2.75, 3.05) is 6.54 Å². The highest BCUT2D eigenvalue weighted by molar-refractivity contribution is 5.80. The average molecular weight is 235 g/mol. The van der Waals surface area contributed by atoms with E-state index in [2.05, 4.69) is 19.2 Å². The van der Waals surface area contributed by atoms with Crippen molar-refractivity contribution < 1.29 is 9.53 Å². The summed E-state index contributed by atoms with van der Waals surface area (Å²) in [4.78, 5) is 11.7. The molecule has 0 saturated carbocycles. The number of carbonyl (C=O) groups excluding carboxylic acids is 1. The van der Waals surface area contributed by atoms with Crippen LogP contribution in [0.3, 0.4) is 0 Å². The van der Waals surface area contributed by atoms with Gasteiger partial charge in [0, 0.05) is 6.54 Å². The molecule has 0 saturated heterocycles. The second-order valence-corrected chi connectivity index (χ2v) is 4.72. The first-order valence-electron chi connectivity index (χ1n) is 6.00. The van der Waals surface area contributed by atoms with Crippen LogP contribution in [0, 0.1) is 12.8 Å². The molecule has 0 aromatic heterocycles. The van der Waals surface area contributed by atoms with Crippen molar-refractivity contribution in [1.29, 1.82) is 0 Å². The number of benzene rings is 1. The van der Waals surface area contributed by atoms with Gasteiger partial charge >= 0.3 is 0 Å². The van der Waals surface area contributed by atoms with Gasteiger partial charge in [-0.25, -0.2) is 0 Å². The summed E-state index contributed by atoms with van der Waals surface area (Å²) in [6.07, 6.45) is -0.462. The van der Waals surface area contributed by atoms with E-state index in [1.165, 1.54) is 0 Å². The SMILES string of the molecule is Cc1cccc(OC(C)C(=O)NCC(C)C)c1. The number of nitrogens with one attached hydrogen (secondary N) is 1. The van der Waals surface area contributed by atoms with Gasteiger partial charge < -0.3 is 10.1 Å². The molecule has 3 nitrogen and oxygen atoms in total. The molecule has 0 fully saturated rings. The quantitative estimate of drug-likeness (QED) is 0.851. The van der Waals surface area contributed by atoms with E-state index in [1.807, 2.05) is 31.2 Å². The van der Waals surface area contributed by atoms with Crippen LogP contribution in [0.4, 0.5) is 0 Å². The van der Waals surface area contributed by atoms with Gasteiger partial charge in [0.25, 0.3) is 5.91 Å². The van der Waals surface area contributed by atoms with Gasteiger partial charge in [-0.2, -0.15) is 0 Å². The third-order valence-corrected chi connectivity index (χ3v) is 2.36. The fraction of sp³-hybridized carbons (Fsp3) is 0.500. The zero-order chi connectivity index (χ0) is 12.8. The highest BCUT2D eigenvalue weighted by Gasteiger charge is 2.14. The van der Waals surface area contributed by atoms with E-state index in [9.17, 15) is 4.79 Å². The monoisotopic (exact) mass is 235 g/mol. The molecule has 0 aliphatic heterocycles. The molecule has 1 rings (SSSR count). The molecular weight excluding hydrogens is 214 g/mol. The topological polar surface area (TPSA) is 38.3 Å². The Labute approximate surface area is 103 Å². The van der Waals surface area contributed by atoms with Gasteiger partial charge in [-0.1, -0.05) is 26.0 Å². The second-order valence-electron chi connectivity index (χ2n) is 4.72. The minimum Gasteiger partial charge on any atom is -0.481 e. The molecule has 1 aromatic rings. The molecule has 94 valence electrons. The van der Waals surface area contributed by atoms with E-state index in [-0.39, 0.29) is 5.91 Å². The van der Waals surface area contributed by atoms with Crippen LogP contribution in [0.25, 0.3) is 0 Å². The summed E-state index contributed by atoms with van der Waals surface area (Å²) in [6, 6.07) is 7.70. The zero-order valence-electron chi connectivity index (χ0n) is 11.0. The minimum absolute atomic E-state index is 0.0693. The molecule has 1 aromatic carbocycles. The number of aryl methyl sites for hydroxylation is 1. The van der Waals surface area contributed by atoms with E-state index >= 15 is 0 Å². The lowest BCUT2D eigenvalue weighted by atomic mass is 10.2. The summed E-state index contributed by atoms with van der Waals surface area (Å²) in [5, 5.41) is 2.85. The number of ether oxygens (including phenoxy) is 1. The van der Waals surface area contributed by atoms with Crippen LogP contribution >= 0.6 is 0 Å². The van der Waals surface area contributed by atoms with Gasteiger partial charge in [-0.05, 0) is 37.5 Å². The predicted octanol–water partition coefficient (Wildman–Crippen LogP) is 2.53. The van der Waals surface area contributed by atoms with Crippen LogP contribution in [-0.4, -0.2) is 18.6 Å². The standard InChI is InChI=1S/C14H21NO2/c1-10(2)9-15-14(16)12(4)17-13-7-5-6-11(3)8-13/h5-8,10,12H,9H2,1-4H3,(H,15,16). The number of hydrogen-bond acceptors (Lipinski definition) is 2. The Kier molecular flexibility index (Phi) is 5.01. The van der Waals surface area contributed by atoms with Crippen LogP contribution in [0.15, 0.2) is 24.3 Å². The maximum Gasteiger partial charge on any atom is 0.260 e. The van der Waals surface area contributed by atoms with Crippen molar-refractivity contribution in [1.82, 2.24) is 5.32 Å². The molecule has 0 spiro atoms. The number of rotatable bonds is 5. The van der Waals surface area contributed by atoms with Crippen molar-refractivity contribution in [2.45, 2.75) is 33.8 Å². The second kappa shape index (κ2) is 6.28. The van der Waals surface area contributed by atoms with Gasteiger partial charge in [0.15, 0.2) is 6.10 Å². The van der Waals surface area contributed by atoms with Crippen molar-refractivity contribution >= 4 is 5.91 Å². The van der Waals surface area contributed by atoms with Crippen LogP contribution in [0.2, 0.25) is 0 Å². The highest BCUT2D eigenvalue weighted by atomic mass is 16.5. The van der Waals surface area contributed by atoms with Gasteiger partial charge in [-0.3, -0.25) is 4.79 Å². The van der Waals surface area contributed by atoms with E-state index in [0.29, 0.717) is 12.5 Å². The Morgan fingerprint density at radius 3 is 2.65 bits per heavy atom. The Balaban J connectivity index is 2.48. The molecule has 17 heavy (non-hydrogen) atoms. The van der Waals surface area contributed by atoms with E-state index in [1.54, 1.807) is 6.92 Å². The van der Waals surface area contributed by atoms with Crippen LogP contribution in [0.1, 0.15) is 26.3 Å². The predicted molar refractivity (Wildman–Crippen MR) is 69.1 cm³/mol. The van der Waals surface area contributed by atoms with Crippen molar-refractivity contribution in [2.24, 2.45) is 5.92 Å². The summed E-state index contributed by atoms with van der Waals surface area (Å²) in [5.41, 5.74) is 1.12. The van der Waals surface area contributed by atoms with Crippen LogP contribution in [-0.2, 0) is 4.79 Å². The maximum absolute atomic E-state index is 11.7. The minimum atomic E-state index is -0.462. The Hall–Kier alpha value is -1.51. The Morgan fingerprint density at radius 1 is 1.35 bits per heavy atom. The van der Waals surface area contributed by atoms with Crippen molar-refractivity contribution in [3.8, 4) is 5.75 Å². The molecule has 1 unspecified atom stereocenters. The molecule has 0 heterocycles. The third kappa shape index (κ3) is 4.89. The zero-order valence-corrected chi connectivity index (χ0v) is 11.0. The smallest absolute Gasteiger partial charge is 0.260 e. The Bertz CT molecular complexity index is 374. The van der Waals surface area contributed by atoms with E-state index in [4.69, 9.17) is 4.74 Å². The summed E-state index contributed by atoms with van der Waals surface area (Å²) in [7, 11) is 0. The summed E-state index contributed by atoms with van der Waals surface area (Å²) < 4.78 is 5.58. The first kappa shape index (κ1) is 13.6. The molecule has 0 radical (unpaired) electrons. The van der Waals surface area contributed by atoms with Crippen molar-refractivity contribution in [3.63, 3.8) is 0 Å². The summed E-state index contributed by atoms with van der Waals surface area (Å²) in [6.45, 7) is 8.56. The van der Waals surface area contributed by atoms with Crippen LogP contribution < -0.4 is 10.1 Å². The lowest BCUT2D eigenvalue weighted by Crippen LogP contribution is -2.38. The van der Waals surface area contributed by atoms with Crippen LogP contribution in [0.5, 0.6) is 5.75 Å². The average Bonchev–Trinajstić information content (AvgIpc) is 2.25. The van der Waals surface area contributed by atoms with Crippen molar-refractivity contribution in [3.05, 3.63) is 29.8 Å². The molecule has 3 heteroatoms. The number of amides is 1. The van der Waals surface area contributed by atoms with Gasteiger partial charge in [0.2, 0.25) is 0 Å². The fourth-order valence-electron chi connectivity index (χ4n) is 1.39. The van der Waals surface area contributed by atoms with E-state index in [0.717, 1.165) is 11.3 Å². The molecule has 1 amide bonds. The molecule has 0 aliphatic carbocycles. The summed E-state index contributed by atoms with van der Waals surface area (Å²) in [5.74, 6) is 1.11. The fourth-order valence-corrected chi connectivity index (χ4v) is 1.39. The normalized spacial score (nSPS) is 12.3. The molecule has 1 atom stereocenters. The molecule has 0 aliphatic rings. The van der Waals surface area contributed by atoms with Gasteiger partial charge in [0.05, 0.1) is 0 Å². The highest BCUT2D eigenvalue weighted by Crippen LogP contribution is 2.14. The lowest BCUT2D eigenvalue weighted by molar-refractivity contribution is -0.127. The van der Waals surface area contributed by atoms with Gasteiger partial charge in [0.1, 0.15) is 5.75 Å². The molecule has 0 bridgehead atoms.